The predicted octanol–water partition coefficient (Wildman–Crippen LogP) is 2.52. The van der Waals surface area contributed by atoms with E-state index in [9.17, 15) is 0 Å². The van der Waals surface area contributed by atoms with Crippen LogP contribution in [0.3, 0.4) is 0 Å². The molecule has 0 saturated carbocycles. The van der Waals surface area contributed by atoms with Crippen molar-refractivity contribution in [1.29, 1.82) is 0 Å². The van der Waals surface area contributed by atoms with Gasteiger partial charge in [0, 0.05) is 11.1 Å². The number of rotatable bonds is 4. The van der Waals surface area contributed by atoms with Crippen LogP contribution in [0, 0.1) is 12.8 Å². The summed E-state index contributed by atoms with van der Waals surface area (Å²) >= 11 is 1.76. The molecule has 1 unspecified atom stereocenters. The highest BCUT2D eigenvalue weighted by Crippen LogP contribution is 2.18. The van der Waals surface area contributed by atoms with Gasteiger partial charge in [-0.05, 0) is 52.2 Å². The van der Waals surface area contributed by atoms with Crippen molar-refractivity contribution < 1.29 is 0 Å². The first-order valence-corrected chi connectivity index (χ1v) is 7.00. The summed E-state index contributed by atoms with van der Waals surface area (Å²) in [5.41, 5.74) is 1.13. The van der Waals surface area contributed by atoms with Crippen LogP contribution in [-0.2, 0) is 0 Å². The zero-order valence-corrected chi connectivity index (χ0v) is 12.2. The monoisotopic (exact) mass is 275 g/mol. The largest absolute Gasteiger partial charge is 0.317 e. The molecule has 1 fully saturated rings. The Bertz CT molecular complexity index is 323. The van der Waals surface area contributed by atoms with E-state index in [4.69, 9.17) is 0 Å². The molecule has 1 saturated heterocycles. The van der Waals surface area contributed by atoms with Gasteiger partial charge in [0.05, 0.1) is 6.04 Å². The number of thiazole rings is 1. The van der Waals surface area contributed by atoms with Crippen LogP contribution in [-0.4, -0.2) is 24.6 Å². The van der Waals surface area contributed by atoms with Gasteiger partial charge in [0.1, 0.15) is 5.01 Å². The van der Waals surface area contributed by atoms with E-state index in [1.165, 1.54) is 30.9 Å². The van der Waals surface area contributed by atoms with Crippen molar-refractivity contribution in [2.24, 2.45) is 5.92 Å². The van der Waals surface area contributed by atoms with E-state index in [0.29, 0.717) is 6.04 Å². The fraction of sp³-hybridized carbons (Fsp3) is 0.750. The maximum absolute atomic E-state index is 4.52. The molecule has 2 N–H and O–H groups in total. The van der Waals surface area contributed by atoms with E-state index < -0.39 is 0 Å². The third kappa shape index (κ3) is 4.54. The van der Waals surface area contributed by atoms with E-state index in [-0.39, 0.29) is 12.4 Å². The van der Waals surface area contributed by atoms with Crippen molar-refractivity contribution in [3.8, 4) is 0 Å². The molecule has 1 aliphatic heterocycles. The molecule has 0 spiro atoms. The van der Waals surface area contributed by atoms with Crippen molar-refractivity contribution >= 4 is 23.7 Å². The molecule has 1 aromatic heterocycles. The van der Waals surface area contributed by atoms with E-state index in [1.807, 2.05) is 0 Å². The zero-order chi connectivity index (χ0) is 11.4. The summed E-state index contributed by atoms with van der Waals surface area (Å²) in [6, 6.07) is 0.397. The molecule has 0 aliphatic carbocycles. The van der Waals surface area contributed by atoms with Crippen LogP contribution in [0.5, 0.6) is 0 Å². The zero-order valence-electron chi connectivity index (χ0n) is 10.5. The second kappa shape index (κ2) is 7.31. The molecule has 17 heavy (non-hydrogen) atoms. The lowest BCUT2D eigenvalue weighted by Gasteiger charge is -2.24. The number of aryl methyl sites for hydroxylation is 1. The molecule has 1 aromatic rings. The van der Waals surface area contributed by atoms with E-state index >= 15 is 0 Å². The maximum atomic E-state index is 4.52. The predicted molar refractivity (Wildman–Crippen MR) is 76.1 cm³/mol. The highest BCUT2D eigenvalue weighted by atomic mass is 35.5. The first kappa shape index (κ1) is 14.9. The van der Waals surface area contributed by atoms with Gasteiger partial charge in [-0.3, -0.25) is 0 Å². The number of hydrogen-bond donors (Lipinski definition) is 2. The smallest absolute Gasteiger partial charge is 0.110 e. The standard InChI is InChI=1S/C12H21N3S.ClH/c1-9-8-16-12(15-9)10(2)14-7-11-3-5-13-6-4-11;/h8,10-11,13-14H,3-7H2,1-2H3;1H. The van der Waals surface area contributed by atoms with Crippen LogP contribution in [0.25, 0.3) is 0 Å². The van der Waals surface area contributed by atoms with Gasteiger partial charge in [-0.2, -0.15) is 0 Å². The Hall–Kier alpha value is -0.160. The summed E-state index contributed by atoms with van der Waals surface area (Å²) < 4.78 is 0. The minimum absolute atomic E-state index is 0. The first-order chi connectivity index (χ1) is 7.75. The van der Waals surface area contributed by atoms with Crippen LogP contribution in [0.1, 0.15) is 36.5 Å². The number of nitrogens with one attached hydrogen (secondary N) is 2. The first-order valence-electron chi connectivity index (χ1n) is 6.12. The SMILES string of the molecule is Cc1csc(C(C)NCC2CCNCC2)n1.Cl. The van der Waals surface area contributed by atoms with Crippen LogP contribution in [0.15, 0.2) is 5.38 Å². The van der Waals surface area contributed by atoms with Crippen LogP contribution >= 0.6 is 23.7 Å². The van der Waals surface area contributed by atoms with Gasteiger partial charge >= 0.3 is 0 Å². The lowest BCUT2D eigenvalue weighted by Crippen LogP contribution is -2.34. The van der Waals surface area contributed by atoms with Gasteiger partial charge in [0.15, 0.2) is 0 Å². The Balaban J connectivity index is 0.00000144. The molecule has 0 radical (unpaired) electrons. The average Bonchev–Trinajstić information content (AvgIpc) is 2.74. The van der Waals surface area contributed by atoms with Crippen LogP contribution in [0.2, 0.25) is 0 Å². The average molecular weight is 276 g/mol. The quantitative estimate of drug-likeness (QED) is 0.887. The molecule has 1 atom stereocenters. The minimum atomic E-state index is 0. The normalized spacial score (nSPS) is 18.7. The summed E-state index contributed by atoms with van der Waals surface area (Å²) in [5, 5.41) is 10.3. The molecule has 5 heteroatoms. The summed E-state index contributed by atoms with van der Waals surface area (Å²) in [5.74, 6) is 0.838. The second-order valence-electron chi connectivity index (χ2n) is 4.65. The molecular weight excluding hydrogens is 254 g/mol. The van der Waals surface area contributed by atoms with Gasteiger partial charge in [-0.15, -0.1) is 23.7 Å². The van der Waals surface area contributed by atoms with Crippen molar-refractivity contribution in [3.05, 3.63) is 16.1 Å². The van der Waals surface area contributed by atoms with Crippen molar-refractivity contribution in [3.63, 3.8) is 0 Å². The molecule has 0 amide bonds. The summed E-state index contributed by atoms with van der Waals surface area (Å²) in [4.78, 5) is 4.52. The summed E-state index contributed by atoms with van der Waals surface area (Å²) in [7, 11) is 0. The van der Waals surface area contributed by atoms with Crippen LogP contribution in [0.4, 0.5) is 0 Å². The number of nitrogens with zero attached hydrogens (tertiary/aromatic N) is 1. The van der Waals surface area contributed by atoms with Gasteiger partial charge < -0.3 is 10.6 Å². The lowest BCUT2D eigenvalue weighted by molar-refractivity contribution is 0.344. The van der Waals surface area contributed by atoms with Gasteiger partial charge in [-0.1, -0.05) is 0 Å². The van der Waals surface area contributed by atoms with E-state index in [1.54, 1.807) is 11.3 Å². The van der Waals surface area contributed by atoms with E-state index in [0.717, 1.165) is 18.2 Å². The second-order valence-corrected chi connectivity index (χ2v) is 5.54. The fourth-order valence-corrected chi connectivity index (χ4v) is 2.92. The molecule has 1 aliphatic rings. The number of piperidine rings is 1. The molecule has 0 bridgehead atoms. The molecule has 3 nitrogen and oxygen atoms in total. The minimum Gasteiger partial charge on any atom is -0.317 e. The Morgan fingerprint density at radius 2 is 2.24 bits per heavy atom. The Kier molecular flexibility index (Phi) is 6.41. The van der Waals surface area contributed by atoms with Gasteiger partial charge in [0.25, 0.3) is 0 Å². The molecule has 98 valence electrons. The summed E-state index contributed by atoms with van der Waals surface area (Å²) in [6.07, 6.45) is 2.60. The number of hydrogen-bond acceptors (Lipinski definition) is 4. The Labute approximate surface area is 114 Å². The highest BCUT2D eigenvalue weighted by molar-refractivity contribution is 7.09. The van der Waals surface area contributed by atoms with Crippen molar-refractivity contribution in [1.82, 2.24) is 15.6 Å². The topological polar surface area (TPSA) is 37.0 Å². The van der Waals surface area contributed by atoms with E-state index in [2.05, 4.69) is 34.8 Å². The fourth-order valence-electron chi connectivity index (χ4n) is 2.09. The van der Waals surface area contributed by atoms with Crippen molar-refractivity contribution in [2.45, 2.75) is 32.7 Å². The number of halogens is 1. The molecule has 2 rings (SSSR count). The molecular formula is C12H22ClN3S. The molecule has 2 heterocycles. The van der Waals surface area contributed by atoms with Crippen molar-refractivity contribution in [2.75, 3.05) is 19.6 Å². The number of aromatic nitrogens is 1. The van der Waals surface area contributed by atoms with Crippen LogP contribution < -0.4 is 10.6 Å². The maximum Gasteiger partial charge on any atom is 0.110 e. The Morgan fingerprint density at radius 3 is 2.82 bits per heavy atom. The summed E-state index contributed by atoms with van der Waals surface area (Å²) in [6.45, 7) is 7.74. The third-order valence-electron chi connectivity index (χ3n) is 3.18. The van der Waals surface area contributed by atoms with Gasteiger partial charge in [0.2, 0.25) is 0 Å². The lowest BCUT2D eigenvalue weighted by atomic mass is 9.98. The Morgan fingerprint density at radius 1 is 1.53 bits per heavy atom. The van der Waals surface area contributed by atoms with Gasteiger partial charge in [-0.25, -0.2) is 4.98 Å². The highest BCUT2D eigenvalue weighted by Gasteiger charge is 2.15. The molecule has 0 aromatic carbocycles. The third-order valence-corrected chi connectivity index (χ3v) is 4.32.